The fourth-order valence-corrected chi connectivity index (χ4v) is 3.36. The van der Waals surface area contributed by atoms with E-state index < -0.39 is 18.7 Å². The summed E-state index contributed by atoms with van der Waals surface area (Å²) in [6, 6.07) is 0. The molecular weight excluding hydrogens is 215 g/mol. The van der Waals surface area contributed by atoms with E-state index in [4.69, 9.17) is 9.05 Å². The molecule has 5 nitrogen and oxygen atoms in total. The van der Waals surface area contributed by atoms with E-state index in [-0.39, 0.29) is 25.1 Å². The van der Waals surface area contributed by atoms with Gasteiger partial charge in [0, 0.05) is 5.75 Å². The van der Waals surface area contributed by atoms with Gasteiger partial charge in [-0.1, -0.05) is 11.1 Å². The largest absolute Gasteiger partial charge is 0.772 e. The minimum absolute atomic E-state index is 0.0786. The van der Waals surface area contributed by atoms with Crippen molar-refractivity contribution in [3.8, 4) is 0 Å². The van der Waals surface area contributed by atoms with E-state index in [1.54, 1.807) is 13.8 Å². The van der Waals surface area contributed by atoms with Crippen molar-refractivity contribution in [3.63, 3.8) is 0 Å². The molecule has 0 heterocycles. The van der Waals surface area contributed by atoms with Crippen LogP contribution >= 0.6 is 7.60 Å². The summed E-state index contributed by atoms with van der Waals surface area (Å²) < 4.78 is 41.8. The smallest absolute Gasteiger partial charge is 0.331 e. The lowest BCUT2D eigenvalue weighted by atomic mass is 10.9. The van der Waals surface area contributed by atoms with Crippen molar-refractivity contribution in [2.75, 3.05) is 25.1 Å². The molecule has 0 amide bonds. The first-order chi connectivity index (χ1) is 6.04. The average molecular weight is 229 g/mol. The van der Waals surface area contributed by atoms with Gasteiger partial charge in [-0.15, -0.1) is 0 Å². The summed E-state index contributed by atoms with van der Waals surface area (Å²) in [5.74, 6) is -0.197. The molecule has 7 heteroatoms. The molecule has 0 saturated heterocycles. The molecule has 1 atom stereocenters. The van der Waals surface area contributed by atoms with E-state index >= 15 is 0 Å². The van der Waals surface area contributed by atoms with Crippen molar-refractivity contribution in [2.24, 2.45) is 0 Å². The predicted octanol–water partition coefficient (Wildman–Crippen LogP) is 1.13. The minimum atomic E-state index is -3.17. The molecule has 0 spiro atoms. The average Bonchev–Trinajstić information content (AvgIpc) is 2.02. The van der Waals surface area contributed by atoms with E-state index in [1.165, 1.54) is 0 Å². The van der Waals surface area contributed by atoms with Gasteiger partial charge in [0.1, 0.15) is 0 Å². The van der Waals surface area contributed by atoms with Gasteiger partial charge < -0.3 is 13.6 Å². The molecule has 0 saturated carbocycles. The summed E-state index contributed by atoms with van der Waals surface area (Å²) in [7, 11) is -3.17. The molecule has 0 aromatic heterocycles. The van der Waals surface area contributed by atoms with Crippen LogP contribution in [0.1, 0.15) is 13.8 Å². The second-order valence-corrected chi connectivity index (χ2v) is 5.38. The first kappa shape index (κ1) is 13.3. The molecule has 0 aliphatic rings. The van der Waals surface area contributed by atoms with Crippen LogP contribution in [0.15, 0.2) is 0 Å². The van der Waals surface area contributed by atoms with Crippen LogP contribution in [0.2, 0.25) is 0 Å². The topological polar surface area (TPSA) is 75.7 Å². The Morgan fingerprint density at radius 2 is 1.77 bits per heavy atom. The summed E-state index contributed by atoms with van der Waals surface area (Å²) >= 11 is -2.20. The Labute approximate surface area is 80.6 Å². The molecule has 0 aliphatic heterocycles. The van der Waals surface area contributed by atoms with Crippen LogP contribution in [-0.2, 0) is 24.7 Å². The van der Waals surface area contributed by atoms with Crippen LogP contribution in [0.4, 0.5) is 0 Å². The monoisotopic (exact) mass is 229 g/mol. The normalized spacial score (nSPS) is 14.4. The molecule has 0 bridgehead atoms. The lowest BCUT2D eigenvalue weighted by Crippen LogP contribution is -2.07. The third-order valence-electron chi connectivity index (χ3n) is 1.18. The summed E-state index contributed by atoms with van der Waals surface area (Å²) in [6.45, 7) is 3.87. The Hall–Kier alpha value is 0.260. The summed E-state index contributed by atoms with van der Waals surface area (Å²) in [5.41, 5.74) is 0. The molecular formula is C6H14O5PS-. The Morgan fingerprint density at radius 3 is 2.08 bits per heavy atom. The second kappa shape index (κ2) is 6.68. The van der Waals surface area contributed by atoms with Gasteiger partial charge in [-0.2, -0.15) is 0 Å². The van der Waals surface area contributed by atoms with Gasteiger partial charge in [0.15, 0.2) is 0 Å². The molecule has 0 rings (SSSR count). The first-order valence-corrected chi connectivity index (χ1v) is 6.95. The molecule has 13 heavy (non-hydrogen) atoms. The van der Waals surface area contributed by atoms with Crippen molar-refractivity contribution in [2.45, 2.75) is 13.8 Å². The summed E-state index contributed by atoms with van der Waals surface area (Å²) in [5, 5.41) is 0. The van der Waals surface area contributed by atoms with Gasteiger partial charge in [-0.25, -0.2) is 0 Å². The molecule has 0 radical (unpaired) electrons. The van der Waals surface area contributed by atoms with Crippen molar-refractivity contribution in [1.82, 2.24) is 0 Å². The highest BCUT2D eigenvalue weighted by molar-refractivity contribution is 7.79. The van der Waals surface area contributed by atoms with Gasteiger partial charge in [-0.3, -0.25) is 8.77 Å². The van der Waals surface area contributed by atoms with E-state index in [0.717, 1.165) is 0 Å². The minimum Gasteiger partial charge on any atom is -0.772 e. The van der Waals surface area contributed by atoms with Gasteiger partial charge in [0.05, 0.1) is 19.4 Å². The number of hydrogen-bond donors (Lipinski definition) is 0. The molecule has 1 unspecified atom stereocenters. The third-order valence-corrected chi connectivity index (χ3v) is 4.10. The van der Waals surface area contributed by atoms with E-state index in [2.05, 4.69) is 0 Å². The van der Waals surface area contributed by atoms with E-state index in [1.807, 2.05) is 0 Å². The zero-order chi connectivity index (χ0) is 10.3. The van der Waals surface area contributed by atoms with Crippen molar-refractivity contribution in [1.29, 1.82) is 0 Å². The highest BCUT2D eigenvalue weighted by atomic mass is 32.2. The van der Waals surface area contributed by atoms with E-state index in [9.17, 15) is 13.3 Å². The maximum absolute atomic E-state index is 11.6. The second-order valence-electron chi connectivity index (χ2n) is 2.18. The standard InChI is InChI=1S/C6H15O5PS/c1-3-10-12(7,11-4-2)5-6-13(8)9/h3-6H2,1-2H3,(H,8,9)/p-1. The molecule has 0 aliphatic carbocycles. The summed E-state index contributed by atoms with van der Waals surface area (Å²) in [4.78, 5) is 0. The van der Waals surface area contributed by atoms with Crippen LogP contribution in [0.5, 0.6) is 0 Å². The van der Waals surface area contributed by atoms with Gasteiger partial charge in [0.25, 0.3) is 0 Å². The van der Waals surface area contributed by atoms with Crippen LogP contribution in [-0.4, -0.2) is 33.9 Å². The van der Waals surface area contributed by atoms with Crippen molar-refractivity contribution >= 4 is 18.7 Å². The summed E-state index contributed by atoms with van der Waals surface area (Å²) in [6.07, 6.45) is -0.0786. The van der Waals surface area contributed by atoms with Crippen LogP contribution < -0.4 is 0 Å². The van der Waals surface area contributed by atoms with Gasteiger partial charge >= 0.3 is 7.60 Å². The Balaban J connectivity index is 4.07. The predicted molar refractivity (Wildman–Crippen MR) is 49.5 cm³/mol. The number of rotatable bonds is 7. The zero-order valence-corrected chi connectivity index (χ0v) is 9.44. The number of hydrogen-bond acceptors (Lipinski definition) is 5. The molecule has 0 aromatic rings. The SMILES string of the molecule is CCOP(=O)(CCS(=O)[O-])OCC. The lowest BCUT2D eigenvalue weighted by Gasteiger charge is -2.17. The van der Waals surface area contributed by atoms with Crippen molar-refractivity contribution < 1.29 is 22.4 Å². The van der Waals surface area contributed by atoms with Crippen LogP contribution in [0.3, 0.4) is 0 Å². The van der Waals surface area contributed by atoms with Gasteiger partial charge in [-0.05, 0) is 13.8 Å². The Kier molecular flexibility index (Phi) is 6.81. The fraction of sp³-hybridized carbons (Fsp3) is 1.00. The van der Waals surface area contributed by atoms with Crippen LogP contribution in [0.25, 0.3) is 0 Å². The lowest BCUT2D eigenvalue weighted by molar-refractivity contribution is 0.221. The van der Waals surface area contributed by atoms with Crippen molar-refractivity contribution in [3.05, 3.63) is 0 Å². The Bertz CT molecular complexity index is 197. The van der Waals surface area contributed by atoms with Gasteiger partial charge in [0.2, 0.25) is 0 Å². The zero-order valence-electron chi connectivity index (χ0n) is 7.73. The molecule has 0 fully saturated rings. The van der Waals surface area contributed by atoms with E-state index in [0.29, 0.717) is 0 Å². The quantitative estimate of drug-likeness (QED) is 0.483. The first-order valence-electron chi connectivity index (χ1n) is 3.98. The maximum Gasteiger partial charge on any atom is 0.331 e. The molecule has 0 aromatic carbocycles. The molecule has 0 N–H and O–H groups in total. The maximum atomic E-state index is 11.6. The third kappa shape index (κ3) is 6.35. The van der Waals surface area contributed by atoms with Crippen LogP contribution in [0, 0.1) is 0 Å². The highest BCUT2D eigenvalue weighted by Gasteiger charge is 2.22. The fourth-order valence-electron chi connectivity index (χ4n) is 0.746. The highest BCUT2D eigenvalue weighted by Crippen LogP contribution is 2.47. The molecule has 80 valence electrons. The Morgan fingerprint density at radius 1 is 1.31 bits per heavy atom.